The lowest BCUT2D eigenvalue weighted by molar-refractivity contribution is 0.413. The number of ether oxygens (including phenoxy) is 1. The maximum Gasteiger partial charge on any atom is 0.119 e. The first kappa shape index (κ1) is 15.4. The van der Waals surface area contributed by atoms with Crippen molar-refractivity contribution in [1.82, 2.24) is 5.32 Å². The van der Waals surface area contributed by atoms with Gasteiger partial charge in [-0.05, 0) is 55.8 Å². The van der Waals surface area contributed by atoms with Crippen molar-refractivity contribution in [2.24, 2.45) is 5.92 Å². The zero-order chi connectivity index (χ0) is 14.2. The summed E-state index contributed by atoms with van der Waals surface area (Å²) in [4.78, 5) is 0. The van der Waals surface area contributed by atoms with E-state index in [0.717, 1.165) is 30.7 Å². The molecule has 112 valence electrons. The van der Waals surface area contributed by atoms with Crippen molar-refractivity contribution >= 4 is 0 Å². The molecule has 2 rings (SSSR count). The smallest absolute Gasteiger partial charge is 0.119 e. The minimum Gasteiger partial charge on any atom is -0.497 e. The molecule has 0 aliphatic heterocycles. The molecule has 1 fully saturated rings. The third-order valence-corrected chi connectivity index (χ3v) is 4.65. The van der Waals surface area contributed by atoms with Crippen molar-refractivity contribution in [1.29, 1.82) is 0 Å². The monoisotopic (exact) mass is 275 g/mol. The summed E-state index contributed by atoms with van der Waals surface area (Å²) in [6, 6.07) is 9.14. The molecule has 0 heterocycles. The number of benzene rings is 1. The van der Waals surface area contributed by atoms with Crippen molar-refractivity contribution in [3.63, 3.8) is 0 Å². The highest BCUT2D eigenvalue weighted by Crippen LogP contribution is 2.25. The molecule has 0 spiro atoms. The SMILES string of the molecule is CCC1CCCC(NCCc2cccc(OC)c2)CC1. The van der Waals surface area contributed by atoms with E-state index in [2.05, 4.69) is 30.4 Å². The van der Waals surface area contributed by atoms with Gasteiger partial charge in [-0.1, -0.05) is 38.3 Å². The molecule has 0 saturated heterocycles. The van der Waals surface area contributed by atoms with Gasteiger partial charge in [-0.3, -0.25) is 0 Å². The molecule has 20 heavy (non-hydrogen) atoms. The molecule has 1 aliphatic rings. The van der Waals surface area contributed by atoms with E-state index in [0.29, 0.717) is 0 Å². The fourth-order valence-corrected chi connectivity index (χ4v) is 3.24. The van der Waals surface area contributed by atoms with Gasteiger partial charge in [-0.15, -0.1) is 0 Å². The predicted molar refractivity (Wildman–Crippen MR) is 85.4 cm³/mol. The summed E-state index contributed by atoms with van der Waals surface area (Å²) in [5.41, 5.74) is 1.36. The van der Waals surface area contributed by atoms with Crippen LogP contribution < -0.4 is 10.1 Å². The standard InChI is InChI=1S/C18H29NO/c1-3-15-6-4-8-17(11-10-15)19-13-12-16-7-5-9-18(14-16)20-2/h5,7,9,14-15,17,19H,3-4,6,8,10-13H2,1-2H3. The maximum absolute atomic E-state index is 5.27. The second kappa shape index (κ2) is 8.31. The van der Waals surface area contributed by atoms with Crippen LogP contribution in [-0.2, 0) is 6.42 Å². The van der Waals surface area contributed by atoms with Gasteiger partial charge in [-0.2, -0.15) is 0 Å². The molecule has 2 atom stereocenters. The highest BCUT2D eigenvalue weighted by molar-refractivity contribution is 5.28. The largest absolute Gasteiger partial charge is 0.497 e. The van der Waals surface area contributed by atoms with Crippen LogP contribution in [-0.4, -0.2) is 19.7 Å². The zero-order valence-corrected chi connectivity index (χ0v) is 13.0. The first-order chi connectivity index (χ1) is 9.81. The van der Waals surface area contributed by atoms with Crippen LogP contribution in [0.2, 0.25) is 0 Å². The maximum atomic E-state index is 5.27. The highest BCUT2D eigenvalue weighted by Gasteiger charge is 2.16. The summed E-state index contributed by atoms with van der Waals surface area (Å²) < 4.78 is 5.27. The number of rotatable bonds is 6. The summed E-state index contributed by atoms with van der Waals surface area (Å²) in [5.74, 6) is 1.93. The molecular weight excluding hydrogens is 246 g/mol. The topological polar surface area (TPSA) is 21.3 Å². The van der Waals surface area contributed by atoms with Crippen molar-refractivity contribution in [2.45, 2.75) is 57.9 Å². The fourth-order valence-electron chi connectivity index (χ4n) is 3.24. The average molecular weight is 275 g/mol. The molecular formula is C18H29NO. The van der Waals surface area contributed by atoms with E-state index in [1.807, 2.05) is 6.07 Å². The Morgan fingerprint density at radius 3 is 2.90 bits per heavy atom. The van der Waals surface area contributed by atoms with Crippen LogP contribution >= 0.6 is 0 Å². The number of nitrogens with one attached hydrogen (secondary N) is 1. The third kappa shape index (κ3) is 4.82. The summed E-state index contributed by atoms with van der Waals surface area (Å²) in [7, 11) is 1.73. The number of hydrogen-bond donors (Lipinski definition) is 1. The normalized spacial score (nSPS) is 23.3. The van der Waals surface area contributed by atoms with Crippen LogP contribution in [0, 0.1) is 5.92 Å². The van der Waals surface area contributed by atoms with Crippen LogP contribution in [0.25, 0.3) is 0 Å². The molecule has 0 radical (unpaired) electrons. The Hall–Kier alpha value is -1.02. The average Bonchev–Trinajstić information content (AvgIpc) is 2.73. The van der Waals surface area contributed by atoms with Gasteiger partial charge in [0.05, 0.1) is 7.11 Å². The Morgan fingerprint density at radius 2 is 2.10 bits per heavy atom. The second-order valence-electron chi connectivity index (χ2n) is 6.04. The molecule has 2 unspecified atom stereocenters. The van der Waals surface area contributed by atoms with Gasteiger partial charge in [0.25, 0.3) is 0 Å². The van der Waals surface area contributed by atoms with E-state index < -0.39 is 0 Å². The van der Waals surface area contributed by atoms with Gasteiger partial charge in [-0.25, -0.2) is 0 Å². The summed E-state index contributed by atoms with van der Waals surface area (Å²) in [6.45, 7) is 3.41. The fraction of sp³-hybridized carbons (Fsp3) is 0.667. The lowest BCUT2D eigenvalue weighted by Gasteiger charge is -2.16. The summed E-state index contributed by atoms with van der Waals surface area (Å²) >= 11 is 0. The van der Waals surface area contributed by atoms with Crippen molar-refractivity contribution in [2.75, 3.05) is 13.7 Å². The molecule has 1 aliphatic carbocycles. The summed E-state index contributed by atoms with van der Waals surface area (Å²) in [6.07, 6.45) is 9.40. The van der Waals surface area contributed by atoms with Crippen LogP contribution in [0.4, 0.5) is 0 Å². The van der Waals surface area contributed by atoms with E-state index in [1.54, 1.807) is 7.11 Å². The van der Waals surface area contributed by atoms with Crippen molar-refractivity contribution in [3.8, 4) is 5.75 Å². The second-order valence-corrected chi connectivity index (χ2v) is 6.04. The lowest BCUT2D eigenvalue weighted by atomic mass is 9.98. The van der Waals surface area contributed by atoms with Gasteiger partial charge < -0.3 is 10.1 Å². The molecule has 1 saturated carbocycles. The molecule has 1 aromatic carbocycles. The zero-order valence-electron chi connectivity index (χ0n) is 13.0. The molecule has 2 heteroatoms. The lowest BCUT2D eigenvalue weighted by Crippen LogP contribution is -2.30. The minimum atomic E-state index is 0.733. The first-order valence-corrected chi connectivity index (χ1v) is 8.18. The van der Waals surface area contributed by atoms with E-state index in [1.165, 1.54) is 44.1 Å². The van der Waals surface area contributed by atoms with Crippen LogP contribution in [0.5, 0.6) is 5.75 Å². The predicted octanol–water partition coefficient (Wildman–Crippen LogP) is 4.19. The van der Waals surface area contributed by atoms with E-state index in [9.17, 15) is 0 Å². The third-order valence-electron chi connectivity index (χ3n) is 4.65. The van der Waals surface area contributed by atoms with Gasteiger partial charge in [0, 0.05) is 6.04 Å². The van der Waals surface area contributed by atoms with Crippen molar-refractivity contribution in [3.05, 3.63) is 29.8 Å². The Labute approximate surface area is 123 Å². The van der Waals surface area contributed by atoms with Crippen LogP contribution in [0.15, 0.2) is 24.3 Å². The van der Waals surface area contributed by atoms with Crippen molar-refractivity contribution < 1.29 is 4.74 Å². The number of methoxy groups -OCH3 is 1. The van der Waals surface area contributed by atoms with Gasteiger partial charge in [0.2, 0.25) is 0 Å². The van der Waals surface area contributed by atoms with E-state index in [4.69, 9.17) is 4.74 Å². The van der Waals surface area contributed by atoms with Crippen LogP contribution in [0.3, 0.4) is 0 Å². The molecule has 2 nitrogen and oxygen atoms in total. The Bertz CT molecular complexity index is 391. The van der Waals surface area contributed by atoms with E-state index >= 15 is 0 Å². The van der Waals surface area contributed by atoms with Gasteiger partial charge >= 0.3 is 0 Å². The van der Waals surface area contributed by atoms with Gasteiger partial charge in [0.1, 0.15) is 5.75 Å². The molecule has 1 N–H and O–H groups in total. The first-order valence-electron chi connectivity index (χ1n) is 8.18. The number of hydrogen-bond acceptors (Lipinski definition) is 2. The molecule has 0 aromatic heterocycles. The quantitative estimate of drug-likeness (QED) is 0.786. The molecule has 0 amide bonds. The van der Waals surface area contributed by atoms with Gasteiger partial charge in [0.15, 0.2) is 0 Å². The van der Waals surface area contributed by atoms with E-state index in [-0.39, 0.29) is 0 Å². The molecule has 1 aromatic rings. The molecule has 0 bridgehead atoms. The minimum absolute atomic E-state index is 0.733. The van der Waals surface area contributed by atoms with Crippen LogP contribution in [0.1, 0.15) is 51.0 Å². The highest BCUT2D eigenvalue weighted by atomic mass is 16.5. The Morgan fingerprint density at radius 1 is 1.20 bits per heavy atom. The Kier molecular flexibility index (Phi) is 6.38. The summed E-state index contributed by atoms with van der Waals surface area (Å²) in [5, 5.41) is 3.75. The Balaban J connectivity index is 1.72.